The molecule has 4 rings (SSSR count). The molecule has 2 heterocycles. The number of nitrogens with zero attached hydrogens (tertiary/aromatic N) is 2. The number of pyridine rings is 2. The zero-order valence-corrected chi connectivity index (χ0v) is 22.9. The maximum absolute atomic E-state index is 12.9. The lowest BCUT2D eigenvalue weighted by Gasteiger charge is -2.23. The molecule has 8 heteroatoms. The highest BCUT2D eigenvalue weighted by molar-refractivity contribution is 5.96. The third-order valence-corrected chi connectivity index (χ3v) is 6.85. The standard InChI is InChI=1S/C31H33N3O5/c1-6-31(4,5)21-9-13-23(14-10-21)39-24-15-11-22(12-16-24)33-27(35)19-38-30(37)26-18-34(7-2)29-25(28(26)36)17-8-20(3)32-29/h8-18H,6-7,19H2,1-5H3,(H,33,35). The van der Waals surface area contributed by atoms with Crippen LogP contribution in [0.3, 0.4) is 0 Å². The molecule has 0 radical (unpaired) electrons. The van der Waals surface area contributed by atoms with Gasteiger partial charge in [-0.2, -0.15) is 0 Å². The zero-order chi connectivity index (χ0) is 28.2. The summed E-state index contributed by atoms with van der Waals surface area (Å²) >= 11 is 0. The van der Waals surface area contributed by atoms with E-state index in [1.807, 2.05) is 26.0 Å². The molecule has 1 N–H and O–H groups in total. The van der Waals surface area contributed by atoms with Crippen molar-refractivity contribution in [2.45, 2.75) is 53.0 Å². The normalized spacial score (nSPS) is 11.3. The molecule has 0 fully saturated rings. The molecule has 0 aliphatic heterocycles. The number of aromatic nitrogens is 2. The number of anilines is 1. The maximum atomic E-state index is 12.9. The van der Waals surface area contributed by atoms with E-state index in [-0.39, 0.29) is 11.0 Å². The summed E-state index contributed by atoms with van der Waals surface area (Å²) in [5.41, 5.74) is 2.52. The van der Waals surface area contributed by atoms with Crippen LogP contribution in [0, 0.1) is 6.92 Å². The fourth-order valence-corrected chi connectivity index (χ4v) is 4.07. The van der Waals surface area contributed by atoms with Crippen molar-refractivity contribution in [3.63, 3.8) is 0 Å². The van der Waals surface area contributed by atoms with Crippen LogP contribution in [-0.2, 0) is 21.5 Å². The number of amides is 1. The molecule has 4 aromatic rings. The second-order valence-electron chi connectivity index (χ2n) is 9.99. The first-order valence-corrected chi connectivity index (χ1v) is 13.0. The Hall–Kier alpha value is -4.46. The smallest absolute Gasteiger partial charge is 0.344 e. The second-order valence-corrected chi connectivity index (χ2v) is 9.99. The highest BCUT2D eigenvalue weighted by Gasteiger charge is 2.19. The van der Waals surface area contributed by atoms with Gasteiger partial charge in [-0.1, -0.05) is 32.9 Å². The number of carbonyl (C=O) groups excluding carboxylic acids is 2. The molecular weight excluding hydrogens is 494 g/mol. The van der Waals surface area contributed by atoms with E-state index < -0.39 is 23.9 Å². The van der Waals surface area contributed by atoms with Crippen LogP contribution in [0.25, 0.3) is 11.0 Å². The van der Waals surface area contributed by atoms with Crippen LogP contribution in [0.1, 0.15) is 55.7 Å². The van der Waals surface area contributed by atoms with Gasteiger partial charge in [-0.05, 0) is 79.8 Å². The third kappa shape index (κ3) is 6.34. The molecule has 0 aliphatic rings. The summed E-state index contributed by atoms with van der Waals surface area (Å²) in [6, 6.07) is 18.3. The van der Waals surface area contributed by atoms with Crippen LogP contribution in [0.2, 0.25) is 0 Å². The van der Waals surface area contributed by atoms with E-state index in [1.54, 1.807) is 41.0 Å². The topological polar surface area (TPSA) is 99.5 Å². The van der Waals surface area contributed by atoms with Gasteiger partial charge in [0.25, 0.3) is 5.91 Å². The molecule has 202 valence electrons. The van der Waals surface area contributed by atoms with Crippen LogP contribution < -0.4 is 15.5 Å². The molecule has 2 aromatic carbocycles. The Morgan fingerprint density at radius 3 is 2.21 bits per heavy atom. The van der Waals surface area contributed by atoms with Gasteiger partial charge >= 0.3 is 5.97 Å². The third-order valence-electron chi connectivity index (χ3n) is 6.85. The molecule has 1 amide bonds. The predicted octanol–water partition coefficient (Wildman–Crippen LogP) is 6.00. The highest BCUT2D eigenvalue weighted by atomic mass is 16.5. The molecule has 0 atom stereocenters. The molecule has 0 unspecified atom stereocenters. The highest BCUT2D eigenvalue weighted by Crippen LogP contribution is 2.30. The summed E-state index contributed by atoms with van der Waals surface area (Å²) in [7, 11) is 0. The second kappa shape index (κ2) is 11.5. The number of hydrogen-bond donors (Lipinski definition) is 1. The van der Waals surface area contributed by atoms with Gasteiger partial charge in [0, 0.05) is 24.1 Å². The van der Waals surface area contributed by atoms with Gasteiger partial charge in [-0.15, -0.1) is 0 Å². The number of aryl methyl sites for hydroxylation is 2. The summed E-state index contributed by atoms with van der Waals surface area (Å²) < 4.78 is 12.8. The Kier molecular flexibility index (Phi) is 8.14. The minimum atomic E-state index is -0.864. The molecular formula is C31H33N3O5. The van der Waals surface area contributed by atoms with Gasteiger partial charge in [0.2, 0.25) is 5.43 Å². The van der Waals surface area contributed by atoms with Gasteiger partial charge in [-0.25, -0.2) is 9.78 Å². The number of esters is 1. The van der Waals surface area contributed by atoms with Crippen molar-refractivity contribution >= 4 is 28.6 Å². The molecule has 0 bridgehead atoms. The van der Waals surface area contributed by atoms with E-state index >= 15 is 0 Å². The zero-order valence-electron chi connectivity index (χ0n) is 22.9. The fourth-order valence-electron chi connectivity index (χ4n) is 4.07. The summed E-state index contributed by atoms with van der Waals surface area (Å²) in [5, 5.41) is 3.00. The lowest BCUT2D eigenvalue weighted by atomic mass is 9.82. The largest absolute Gasteiger partial charge is 0.457 e. The lowest BCUT2D eigenvalue weighted by Crippen LogP contribution is -2.25. The number of carbonyl (C=O) groups is 2. The van der Waals surface area contributed by atoms with Crippen molar-refractivity contribution in [3.8, 4) is 11.5 Å². The van der Waals surface area contributed by atoms with E-state index in [1.165, 1.54) is 11.8 Å². The summed E-state index contributed by atoms with van der Waals surface area (Å²) in [5.74, 6) is -0.0526. The summed E-state index contributed by atoms with van der Waals surface area (Å²) in [6.45, 7) is 10.3. The number of rotatable bonds is 9. The molecule has 2 aromatic heterocycles. The molecule has 0 aliphatic carbocycles. The monoisotopic (exact) mass is 527 g/mol. The summed E-state index contributed by atoms with van der Waals surface area (Å²) in [4.78, 5) is 42.3. The Labute approximate surface area is 227 Å². The molecule has 0 spiro atoms. The minimum Gasteiger partial charge on any atom is -0.457 e. The van der Waals surface area contributed by atoms with Gasteiger partial charge < -0.3 is 19.4 Å². The number of fused-ring (bicyclic) bond motifs is 1. The Morgan fingerprint density at radius 1 is 0.949 bits per heavy atom. The van der Waals surface area contributed by atoms with Crippen molar-refractivity contribution in [2.75, 3.05) is 11.9 Å². The van der Waals surface area contributed by atoms with Gasteiger partial charge in [0.15, 0.2) is 6.61 Å². The van der Waals surface area contributed by atoms with Crippen LogP contribution >= 0.6 is 0 Å². The van der Waals surface area contributed by atoms with Gasteiger partial charge in [-0.3, -0.25) is 9.59 Å². The van der Waals surface area contributed by atoms with E-state index in [9.17, 15) is 14.4 Å². The van der Waals surface area contributed by atoms with Crippen molar-refractivity contribution in [1.29, 1.82) is 0 Å². The van der Waals surface area contributed by atoms with Crippen molar-refractivity contribution in [3.05, 3.63) is 93.9 Å². The van der Waals surface area contributed by atoms with E-state index in [0.29, 0.717) is 29.0 Å². The fraction of sp³-hybridized carbons (Fsp3) is 0.290. The van der Waals surface area contributed by atoms with E-state index in [0.717, 1.165) is 17.9 Å². The van der Waals surface area contributed by atoms with Crippen molar-refractivity contribution in [1.82, 2.24) is 9.55 Å². The van der Waals surface area contributed by atoms with E-state index in [4.69, 9.17) is 9.47 Å². The number of benzene rings is 2. The molecule has 0 saturated heterocycles. The quantitative estimate of drug-likeness (QED) is 0.268. The first-order valence-electron chi connectivity index (χ1n) is 13.0. The number of ether oxygens (including phenoxy) is 2. The van der Waals surface area contributed by atoms with Gasteiger partial charge in [0.05, 0.1) is 5.39 Å². The van der Waals surface area contributed by atoms with Crippen LogP contribution in [0.4, 0.5) is 5.69 Å². The average Bonchev–Trinajstić information content (AvgIpc) is 2.93. The maximum Gasteiger partial charge on any atom is 0.344 e. The Balaban J connectivity index is 1.35. The minimum absolute atomic E-state index is 0.105. The first-order chi connectivity index (χ1) is 18.6. The first kappa shape index (κ1) is 27.6. The average molecular weight is 528 g/mol. The van der Waals surface area contributed by atoms with Crippen molar-refractivity contribution in [2.24, 2.45) is 0 Å². The van der Waals surface area contributed by atoms with E-state index in [2.05, 4.69) is 43.2 Å². The Bertz CT molecular complexity index is 1550. The van der Waals surface area contributed by atoms with Crippen molar-refractivity contribution < 1.29 is 19.1 Å². The molecule has 39 heavy (non-hydrogen) atoms. The molecule has 8 nitrogen and oxygen atoms in total. The number of hydrogen-bond acceptors (Lipinski definition) is 6. The summed E-state index contributed by atoms with van der Waals surface area (Å²) in [6.07, 6.45) is 2.47. The SMILES string of the molecule is CCn1cc(C(=O)OCC(=O)Nc2ccc(Oc3ccc(C(C)(C)CC)cc3)cc2)c(=O)c2ccc(C)nc21. The molecule has 0 saturated carbocycles. The predicted molar refractivity (Wildman–Crippen MR) is 152 cm³/mol. The van der Waals surface area contributed by atoms with Crippen LogP contribution in [0.15, 0.2) is 71.7 Å². The number of nitrogens with one attached hydrogen (secondary N) is 1. The Morgan fingerprint density at radius 2 is 1.59 bits per heavy atom. The van der Waals surface area contributed by atoms with Gasteiger partial charge in [0.1, 0.15) is 22.7 Å². The lowest BCUT2D eigenvalue weighted by molar-refractivity contribution is -0.119. The van der Waals surface area contributed by atoms with Crippen LogP contribution in [0.5, 0.6) is 11.5 Å². The van der Waals surface area contributed by atoms with Crippen LogP contribution in [-0.4, -0.2) is 28.0 Å².